The molecule has 1 aliphatic rings. The van der Waals surface area contributed by atoms with Crippen molar-refractivity contribution in [3.63, 3.8) is 0 Å². The molecule has 0 radical (unpaired) electrons. The largest absolute Gasteiger partial charge is 0.462 e. The zero-order valence-electron chi connectivity index (χ0n) is 21.4. The zero-order valence-corrected chi connectivity index (χ0v) is 21.4. The van der Waals surface area contributed by atoms with Crippen LogP contribution in [0.5, 0.6) is 0 Å². The van der Waals surface area contributed by atoms with Gasteiger partial charge in [-0.05, 0) is 57.4 Å². The van der Waals surface area contributed by atoms with E-state index in [-0.39, 0.29) is 0 Å². The van der Waals surface area contributed by atoms with Crippen LogP contribution in [0.2, 0.25) is 0 Å². The second-order valence-corrected chi connectivity index (χ2v) is 9.78. The van der Waals surface area contributed by atoms with Crippen LogP contribution in [0.1, 0.15) is 78.7 Å². The van der Waals surface area contributed by atoms with E-state index in [1.807, 2.05) is 50.0 Å². The number of nitrogens with one attached hydrogen (secondary N) is 1. The molecule has 182 valence electrons. The van der Waals surface area contributed by atoms with Gasteiger partial charge in [0.1, 0.15) is 7.05 Å². The highest BCUT2D eigenvalue weighted by Crippen LogP contribution is 2.38. The first kappa shape index (κ1) is 26.6. The summed E-state index contributed by atoms with van der Waals surface area (Å²) in [5, 5.41) is 3.22. The summed E-state index contributed by atoms with van der Waals surface area (Å²) in [6.45, 7) is 13.0. The van der Waals surface area contributed by atoms with E-state index in [0.29, 0.717) is 47.6 Å². The Bertz CT molecular complexity index is 849. The summed E-state index contributed by atoms with van der Waals surface area (Å²) in [5.74, 6) is -0.217. The fraction of sp³-hybridized carbons (Fsp3) is 0.593. The number of aryl methyl sites for hydroxylation is 1. The predicted octanol–water partition coefficient (Wildman–Crippen LogP) is 4.70. The third-order valence-corrected chi connectivity index (χ3v) is 5.81. The lowest BCUT2D eigenvalue weighted by Gasteiger charge is -2.30. The minimum atomic E-state index is -0.547. The smallest absolute Gasteiger partial charge is 0.336 e. The van der Waals surface area contributed by atoms with Crippen molar-refractivity contribution in [2.45, 2.75) is 73.1 Å². The van der Waals surface area contributed by atoms with Crippen LogP contribution in [-0.2, 0) is 26.1 Å². The number of hydrogen-bond donors (Lipinski definition) is 1. The summed E-state index contributed by atoms with van der Waals surface area (Å²) in [5.41, 5.74) is 3.18. The van der Waals surface area contributed by atoms with Crippen LogP contribution < -0.4 is 9.88 Å². The molecule has 1 aliphatic heterocycles. The molecule has 1 N–H and O–H groups in total. The second kappa shape index (κ2) is 12.6. The molecule has 0 amide bonds. The summed E-state index contributed by atoms with van der Waals surface area (Å²) in [7, 11) is 1.92. The summed E-state index contributed by atoms with van der Waals surface area (Å²) in [6, 6.07) is 3.86. The Morgan fingerprint density at radius 2 is 1.42 bits per heavy atom. The molecule has 0 saturated carbocycles. The fourth-order valence-corrected chi connectivity index (χ4v) is 4.12. The van der Waals surface area contributed by atoms with Gasteiger partial charge in [-0.3, -0.25) is 0 Å². The molecule has 0 bridgehead atoms. The van der Waals surface area contributed by atoms with Gasteiger partial charge in [-0.1, -0.05) is 27.7 Å². The lowest BCUT2D eigenvalue weighted by atomic mass is 9.81. The summed E-state index contributed by atoms with van der Waals surface area (Å²) in [4.78, 5) is 26.5. The van der Waals surface area contributed by atoms with Gasteiger partial charge in [-0.2, -0.15) is 0 Å². The maximum atomic E-state index is 13.2. The molecule has 0 aromatic carbocycles. The minimum absolute atomic E-state index is 0.362. The van der Waals surface area contributed by atoms with Crippen LogP contribution in [0.4, 0.5) is 0 Å². The number of esters is 2. The molecule has 0 aliphatic carbocycles. The van der Waals surface area contributed by atoms with E-state index in [0.717, 1.165) is 31.2 Å². The molecule has 2 heterocycles. The van der Waals surface area contributed by atoms with E-state index in [4.69, 9.17) is 9.47 Å². The van der Waals surface area contributed by atoms with E-state index in [1.54, 1.807) is 0 Å². The van der Waals surface area contributed by atoms with E-state index < -0.39 is 17.9 Å². The van der Waals surface area contributed by atoms with Crippen LogP contribution in [-0.4, -0.2) is 25.2 Å². The highest BCUT2D eigenvalue weighted by atomic mass is 16.5. The fourth-order valence-electron chi connectivity index (χ4n) is 4.12. The Hall–Kier alpha value is -2.63. The average molecular weight is 458 g/mol. The van der Waals surface area contributed by atoms with Crippen LogP contribution in [0.25, 0.3) is 0 Å². The number of nitrogens with zero attached hydrogens (tertiary/aromatic N) is 1. The molecule has 1 aromatic rings. The Balaban J connectivity index is 2.33. The van der Waals surface area contributed by atoms with E-state index in [9.17, 15) is 9.59 Å². The molecule has 0 atom stereocenters. The molecule has 0 fully saturated rings. The van der Waals surface area contributed by atoms with Gasteiger partial charge in [0.15, 0.2) is 12.4 Å². The van der Waals surface area contributed by atoms with Crippen molar-refractivity contribution in [1.29, 1.82) is 0 Å². The molecular formula is C27H41N2O4+. The van der Waals surface area contributed by atoms with Gasteiger partial charge in [-0.15, -0.1) is 0 Å². The third-order valence-electron chi connectivity index (χ3n) is 5.81. The highest BCUT2D eigenvalue weighted by Gasteiger charge is 2.39. The molecule has 6 heteroatoms. The minimum Gasteiger partial charge on any atom is -0.462 e. The second-order valence-electron chi connectivity index (χ2n) is 9.78. The van der Waals surface area contributed by atoms with Crippen molar-refractivity contribution < 1.29 is 23.6 Å². The number of ether oxygens (including phenoxy) is 2. The lowest BCUT2D eigenvalue weighted by Crippen LogP contribution is -2.34. The van der Waals surface area contributed by atoms with Crippen molar-refractivity contribution >= 4 is 11.9 Å². The molecule has 6 nitrogen and oxygen atoms in total. The number of dihydropyridines is 1. The highest BCUT2D eigenvalue weighted by molar-refractivity contribution is 5.99. The van der Waals surface area contributed by atoms with Crippen molar-refractivity contribution in [2.75, 3.05) is 13.2 Å². The maximum Gasteiger partial charge on any atom is 0.336 e. The summed E-state index contributed by atoms with van der Waals surface area (Å²) >= 11 is 0. The number of pyridine rings is 1. The van der Waals surface area contributed by atoms with Crippen molar-refractivity contribution in [3.05, 3.63) is 52.6 Å². The van der Waals surface area contributed by atoms with Gasteiger partial charge in [0, 0.05) is 23.0 Å². The first-order chi connectivity index (χ1) is 15.6. The van der Waals surface area contributed by atoms with Crippen LogP contribution in [0, 0.1) is 11.8 Å². The van der Waals surface area contributed by atoms with Gasteiger partial charge in [0.25, 0.3) is 0 Å². The van der Waals surface area contributed by atoms with Gasteiger partial charge < -0.3 is 14.8 Å². The zero-order chi connectivity index (χ0) is 24.5. The first-order valence-electron chi connectivity index (χ1n) is 12.1. The standard InChI is InChI=1S/C27H40N2O4/c1-18(2)11-9-15-32-26(30)23-20(5)28-21(6)24(27(31)33-16-10-12-19(3)4)25(23)22-13-8-14-29(7)17-22/h8,13-14,17-19,25H,9-12,15-16H2,1-7H3/p+1. The number of rotatable bonds is 11. The average Bonchev–Trinajstić information content (AvgIpc) is 2.73. The number of carbonyl (C=O) groups excluding carboxylic acids is 2. The summed E-state index contributed by atoms with van der Waals surface area (Å²) in [6.07, 6.45) is 7.48. The molecule has 2 rings (SSSR count). The van der Waals surface area contributed by atoms with E-state index in [2.05, 4.69) is 33.0 Å². The van der Waals surface area contributed by atoms with Gasteiger partial charge >= 0.3 is 11.9 Å². The van der Waals surface area contributed by atoms with E-state index in [1.165, 1.54) is 0 Å². The Morgan fingerprint density at radius 1 is 0.939 bits per heavy atom. The SMILES string of the molecule is CC1=C(C(=O)OCCCC(C)C)C(c2ccc[n+](C)c2)C(C(=O)OCCCC(C)C)=C(C)N1. The monoisotopic (exact) mass is 457 g/mol. The quantitative estimate of drug-likeness (QED) is 0.296. The van der Waals surface area contributed by atoms with Crippen LogP contribution in [0.15, 0.2) is 47.1 Å². The molecule has 0 spiro atoms. The molecular weight excluding hydrogens is 416 g/mol. The molecule has 0 unspecified atom stereocenters. The third kappa shape index (κ3) is 7.72. The van der Waals surface area contributed by atoms with Gasteiger partial charge in [0.2, 0.25) is 0 Å². The Morgan fingerprint density at radius 3 is 1.85 bits per heavy atom. The molecule has 1 aromatic heterocycles. The van der Waals surface area contributed by atoms with Crippen LogP contribution >= 0.6 is 0 Å². The molecule has 33 heavy (non-hydrogen) atoms. The number of aromatic nitrogens is 1. The number of carbonyl (C=O) groups is 2. The van der Waals surface area contributed by atoms with Crippen molar-refractivity contribution in [1.82, 2.24) is 5.32 Å². The van der Waals surface area contributed by atoms with Gasteiger partial charge in [0.05, 0.1) is 30.3 Å². The maximum absolute atomic E-state index is 13.2. The van der Waals surface area contributed by atoms with Gasteiger partial charge in [-0.25, -0.2) is 14.2 Å². The summed E-state index contributed by atoms with van der Waals surface area (Å²) < 4.78 is 13.2. The Kier molecular flexibility index (Phi) is 10.1. The number of allylic oxidation sites excluding steroid dienone is 2. The Labute approximate surface area is 199 Å². The lowest BCUT2D eigenvalue weighted by molar-refractivity contribution is -0.671. The van der Waals surface area contributed by atoms with Crippen LogP contribution in [0.3, 0.4) is 0 Å². The van der Waals surface area contributed by atoms with E-state index >= 15 is 0 Å². The first-order valence-corrected chi connectivity index (χ1v) is 12.1. The normalized spacial score (nSPS) is 14.7. The van der Waals surface area contributed by atoms with Crippen molar-refractivity contribution in [3.8, 4) is 0 Å². The predicted molar refractivity (Wildman–Crippen MR) is 129 cm³/mol. The number of hydrogen-bond acceptors (Lipinski definition) is 5. The van der Waals surface area contributed by atoms with Crippen molar-refractivity contribution in [2.24, 2.45) is 18.9 Å². The molecule has 0 saturated heterocycles. The topological polar surface area (TPSA) is 68.5 Å².